The Kier molecular flexibility index (Phi) is 62.6. The van der Waals surface area contributed by atoms with E-state index in [0.29, 0.717) is 19.3 Å². The normalized spacial score (nSPS) is 12.1. The molecule has 0 rings (SSSR count). The largest absolute Gasteiger partial charge is 0.462 e. The van der Waals surface area contributed by atoms with Crippen LogP contribution in [0.4, 0.5) is 0 Å². The topological polar surface area (TPSA) is 78.9 Å². The molecule has 0 spiro atoms. The molecular weight excluding hydrogens is 925 g/mol. The van der Waals surface area contributed by atoms with Crippen molar-refractivity contribution in [3.05, 3.63) is 24.3 Å². The summed E-state index contributed by atoms with van der Waals surface area (Å²) in [5, 5.41) is 0. The number of rotatable bonds is 63. The van der Waals surface area contributed by atoms with Gasteiger partial charge in [0, 0.05) is 19.3 Å². The Hall–Kier alpha value is -2.11. The van der Waals surface area contributed by atoms with Crippen molar-refractivity contribution in [3.8, 4) is 0 Å². The molecule has 1 unspecified atom stereocenters. The molecule has 0 saturated heterocycles. The highest BCUT2D eigenvalue weighted by molar-refractivity contribution is 5.71. The van der Waals surface area contributed by atoms with Crippen molar-refractivity contribution in [2.45, 2.75) is 386 Å². The Labute approximate surface area is 468 Å². The molecule has 0 aliphatic rings. The molecule has 442 valence electrons. The summed E-state index contributed by atoms with van der Waals surface area (Å²) >= 11 is 0. The highest BCUT2D eigenvalue weighted by Crippen LogP contribution is 2.19. The molecule has 0 aliphatic heterocycles. The Morgan fingerprint density at radius 2 is 0.493 bits per heavy atom. The maximum absolute atomic E-state index is 12.9. The summed E-state index contributed by atoms with van der Waals surface area (Å²) in [6, 6.07) is 0. The van der Waals surface area contributed by atoms with E-state index in [4.69, 9.17) is 14.2 Å². The van der Waals surface area contributed by atoms with Crippen LogP contribution in [0.1, 0.15) is 380 Å². The van der Waals surface area contributed by atoms with Crippen molar-refractivity contribution < 1.29 is 28.6 Å². The van der Waals surface area contributed by atoms with Crippen LogP contribution in [0, 0.1) is 0 Å². The van der Waals surface area contributed by atoms with Crippen LogP contribution in [0.25, 0.3) is 0 Å². The van der Waals surface area contributed by atoms with Crippen molar-refractivity contribution in [1.82, 2.24) is 0 Å². The standard InChI is InChI=1S/C69H130O6/c1-4-7-10-13-16-19-22-25-28-30-32-33-34-35-36-37-38-40-41-44-47-50-53-56-59-62-68(71)74-65-66(64-73-67(70)61-58-55-52-49-46-43-27-24-21-18-15-12-9-6-3)75-69(72)63-60-57-54-51-48-45-42-39-31-29-26-23-20-17-14-11-8-5-2/h15,18,24,27,66H,4-14,16-17,19-23,25-26,28-65H2,1-3H3/b18-15-,27-24-. The average molecular weight is 1060 g/mol. The van der Waals surface area contributed by atoms with Crippen LogP contribution in [0.15, 0.2) is 24.3 Å². The molecule has 0 fully saturated rings. The highest BCUT2D eigenvalue weighted by atomic mass is 16.6. The fraction of sp³-hybridized carbons (Fsp3) is 0.899. The van der Waals surface area contributed by atoms with Crippen LogP contribution >= 0.6 is 0 Å². The number of allylic oxidation sites excluding steroid dienone is 4. The van der Waals surface area contributed by atoms with Crippen molar-refractivity contribution in [2.75, 3.05) is 13.2 Å². The van der Waals surface area contributed by atoms with Crippen molar-refractivity contribution in [1.29, 1.82) is 0 Å². The number of hydrogen-bond acceptors (Lipinski definition) is 6. The zero-order valence-corrected chi connectivity index (χ0v) is 50.8. The van der Waals surface area contributed by atoms with E-state index in [0.717, 1.165) is 77.0 Å². The van der Waals surface area contributed by atoms with Crippen LogP contribution in [0.5, 0.6) is 0 Å². The van der Waals surface area contributed by atoms with Gasteiger partial charge in [-0.1, -0.05) is 340 Å². The monoisotopic (exact) mass is 1050 g/mol. The van der Waals surface area contributed by atoms with Crippen LogP contribution in [-0.2, 0) is 28.6 Å². The predicted octanol–water partition coefficient (Wildman–Crippen LogP) is 23.0. The van der Waals surface area contributed by atoms with E-state index in [1.165, 1.54) is 263 Å². The molecule has 0 aromatic heterocycles. The fourth-order valence-corrected chi connectivity index (χ4v) is 10.3. The maximum Gasteiger partial charge on any atom is 0.306 e. The first kappa shape index (κ1) is 72.9. The predicted molar refractivity (Wildman–Crippen MR) is 326 cm³/mol. The molecule has 0 aromatic rings. The van der Waals surface area contributed by atoms with Gasteiger partial charge in [-0.2, -0.15) is 0 Å². The van der Waals surface area contributed by atoms with Gasteiger partial charge in [0.05, 0.1) is 0 Å². The summed E-state index contributed by atoms with van der Waals surface area (Å²) in [6.45, 7) is 6.67. The van der Waals surface area contributed by atoms with Gasteiger partial charge in [-0.25, -0.2) is 0 Å². The summed E-state index contributed by atoms with van der Waals surface area (Å²) in [5.41, 5.74) is 0. The first-order valence-electron chi connectivity index (χ1n) is 33.8. The lowest BCUT2D eigenvalue weighted by Crippen LogP contribution is -2.30. The Balaban J connectivity index is 4.23. The van der Waals surface area contributed by atoms with Gasteiger partial charge in [-0.05, 0) is 44.9 Å². The summed E-state index contributed by atoms with van der Waals surface area (Å²) in [5.74, 6) is -0.854. The number of hydrogen-bond donors (Lipinski definition) is 0. The molecular formula is C69H130O6. The molecule has 0 radical (unpaired) electrons. The Morgan fingerprint density at radius 3 is 0.773 bits per heavy atom. The number of unbranched alkanes of at least 4 members (excludes halogenated alkanes) is 48. The minimum Gasteiger partial charge on any atom is -0.462 e. The summed E-state index contributed by atoms with van der Waals surface area (Å²) in [4.78, 5) is 38.3. The van der Waals surface area contributed by atoms with E-state index in [2.05, 4.69) is 45.1 Å². The zero-order valence-electron chi connectivity index (χ0n) is 50.8. The van der Waals surface area contributed by atoms with E-state index in [9.17, 15) is 14.4 Å². The summed E-state index contributed by atoms with van der Waals surface area (Å²) in [7, 11) is 0. The summed E-state index contributed by atoms with van der Waals surface area (Å²) < 4.78 is 17.0. The lowest BCUT2D eigenvalue weighted by atomic mass is 10.0. The minimum atomic E-state index is -0.773. The number of esters is 3. The molecule has 75 heavy (non-hydrogen) atoms. The van der Waals surface area contributed by atoms with Crippen LogP contribution in [0.2, 0.25) is 0 Å². The summed E-state index contributed by atoms with van der Waals surface area (Å²) in [6.07, 6.45) is 77.7. The van der Waals surface area contributed by atoms with E-state index < -0.39 is 6.10 Å². The van der Waals surface area contributed by atoms with Gasteiger partial charge in [-0.3, -0.25) is 14.4 Å². The second kappa shape index (κ2) is 64.4. The molecule has 0 aliphatic carbocycles. The molecule has 0 aromatic carbocycles. The lowest BCUT2D eigenvalue weighted by Gasteiger charge is -2.18. The van der Waals surface area contributed by atoms with E-state index >= 15 is 0 Å². The molecule has 0 heterocycles. The van der Waals surface area contributed by atoms with Crippen molar-refractivity contribution >= 4 is 17.9 Å². The van der Waals surface area contributed by atoms with E-state index in [1.54, 1.807) is 0 Å². The fourth-order valence-electron chi connectivity index (χ4n) is 10.3. The molecule has 0 saturated carbocycles. The van der Waals surface area contributed by atoms with Crippen LogP contribution < -0.4 is 0 Å². The van der Waals surface area contributed by atoms with Gasteiger partial charge < -0.3 is 14.2 Å². The van der Waals surface area contributed by atoms with Crippen molar-refractivity contribution in [2.24, 2.45) is 0 Å². The third kappa shape index (κ3) is 62.6. The third-order valence-electron chi connectivity index (χ3n) is 15.5. The molecule has 0 amide bonds. The van der Waals surface area contributed by atoms with Gasteiger partial charge in [0.15, 0.2) is 6.10 Å². The molecule has 0 N–H and O–H groups in total. The average Bonchev–Trinajstić information content (AvgIpc) is 3.41. The molecule has 6 heteroatoms. The highest BCUT2D eigenvalue weighted by Gasteiger charge is 2.19. The number of carbonyl (C=O) groups is 3. The molecule has 6 nitrogen and oxygen atoms in total. The van der Waals surface area contributed by atoms with Gasteiger partial charge in [0.25, 0.3) is 0 Å². The molecule has 1 atom stereocenters. The van der Waals surface area contributed by atoms with E-state index in [-0.39, 0.29) is 31.1 Å². The van der Waals surface area contributed by atoms with Gasteiger partial charge in [0.2, 0.25) is 0 Å². The molecule has 0 bridgehead atoms. The first-order valence-corrected chi connectivity index (χ1v) is 33.8. The second-order valence-electron chi connectivity index (χ2n) is 23.1. The third-order valence-corrected chi connectivity index (χ3v) is 15.5. The maximum atomic E-state index is 12.9. The lowest BCUT2D eigenvalue weighted by molar-refractivity contribution is -0.167. The Morgan fingerprint density at radius 1 is 0.267 bits per heavy atom. The van der Waals surface area contributed by atoms with Gasteiger partial charge in [0.1, 0.15) is 13.2 Å². The Bertz CT molecular complexity index is 1210. The number of ether oxygens (including phenoxy) is 3. The van der Waals surface area contributed by atoms with Gasteiger partial charge >= 0.3 is 17.9 Å². The quantitative estimate of drug-likeness (QED) is 0.0261. The van der Waals surface area contributed by atoms with Crippen LogP contribution in [-0.4, -0.2) is 37.2 Å². The minimum absolute atomic E-state index is 0.0694. The SMILES string of the molecule is CCCC/C=C\C/C=C\CCCCCCCC(=O)OCC(COC(=O)CCCCCCCCCCCCCCCCCCCCCCCCCCC)OC(=O)CCCCCCCCCCCCCCCCCCCC. The van der Waals surface area contributed by atoms with Gasteiger partial charge in [-0.15, -0.1) is 0 Å². The zero-order chi connectivity index (χ0) is 54.3. The van der Waals surface area contributed by atoms with Crippen molar-refractivity contribution in [3.63, 3.8) is 0 Å². The second-order valence-corrected chi connectivity index (χ2v) is 23.1. The van der Waals surface area contributed by atoms with E-state index in [1.807, 2.05) is 0 Å². The smallest absolute Gasteiger partial charge is 0.306 e. The number of carbonyl (C=O) groups excluding carboxylic acids is 3. The first-order chi connectivity index (χ1) is 37.0. The van der Waals surface area contributed by atoms with Crippen LogP contribution in [0.3, 0.4) is 0 Å².